The third-order valence-electron chi connectivity index (χ3n) is 4.53. The summed E-state index contributed by atoms with van der Waals surface area (Å²) in [6.07, 6.45) is 5.68. The van der Waals surface area contributed by atoms with Gasteiger partial charge in [-0.25, -0.2) is 29.7 Å². The Balaban J connectivity index is 1.32. The van der Waals surface area contributed by atoms with E-state index in [4.69, 9.17) is 4.74 Å². The molecule has 3 aromatic rings. The van der Waals surface area contributed by atoms with E-state index < -0.39 is 12.1 Å². The molecule has 3 aromatic heterocycles. The van der Waals surface area contributed by atoms with Crippen LogP contribution in [-0.2, 0) is 9.53 Å². The Bertz CT molecular complexity index is 1010. The average Bonchev–Trinajstić information content (AvgIpc) is 3.30. The summed E-state index contributed by atoms with van der Waals surface area (Å²) in [5.74, 6) is 0.196. The third kappa shape index (κ3) is 4.40. The first-order valence-electron chi connectivity index (χ1n) is 9.36. The minimum atomic E-state index is -0.907. The molecule has 0 N–H and O–H groups in total. The van der Waals surface area contributed by atoms with E-state index >= 15 is 0 Å². The molecule has 0 aromatic carbocycles. The Morgan fingerprint density at radius 3 is 2.30 bits per heavy atom. The molecule has 1 unspecified atom stereocenters. The standard InChI is InChI=1S/C19H19N7O3S/c1-13(17(27)25-8-10-26(11-9-25)19-22-6-3-7-23-19)29-18(28)14-12-30-16(24-14)15-20-4-2-5-21-15/h2-7,12-13H,8-11H2,1H3. The molecule has 1 fully saturated rings. The van der Waals surface area contributed by atoms with Gasteiger partial charge in [0, 0.05) is 56.3 Å². The van der Waals surface area contributed by atoms with Gasteiger partial charge in [-0.2, -0.15) is 0 Å². The zero-order valence-electron chi connectivity index (χ0n) is 16.2. The van der Waals surface area contributed by atoms with Crippen LogP contribution in [0.3, 0.4) is 0 Å². The van der Waals surface area contributed by atoms with Gasteiger partial charge in [-0.1, -0.05) is 0 Å². The van der Waals surface area contributed by atoms with Crippen LogP contribution < -0.4 is 4.90 Å². The molecule has 1 amide bonds. The predicted molar refractivity (Wildman–Crippen MR) is 109 cm³/mol. The van der Waals surface area contributed by atoms with E-state index in [0.717, 1.165) is 0 Å². The van der Waals surface area contributed by atoms with Gasteiger partial charge in [-0.15, -0.1) is 11.3 Å². The lowest BCUT2D eigenvalue weighted by Crippen LogP contribution is -2.52. The van der Waals surface area contributed by atoms with E-state index in [1.54, 1.807) is 54.1 Å². The van der Waals surface area contributed by atoms with Crippen molar-refractivity contribution in [3.8, 4) is 10.8 Å². The van der Waals surface area contributed by atoms with Crippen LogP contribution in [0.25, 0.3) is 10.8 Å². The smallest absolute Gasteiger partial charge is 0.358 e. The number of carbonyl (C=O) groups is 2. The predicted octanol–water partition coefficient (Wildman–Crippen LogP) is 1.28. The normalized spacial score (nSPS) is 15.0. The van der Waals surface area contributed by atoms with E-state index in [2.05, 4.69) is 24.9 Å². The first-order chi connectivity index (χ1) is 14.6. The van der Waals surface area contributed by atoms with Gasteiger partial charge in [0.15, 0.2) is 22.6 Å². The Kier molecular flexibility index (Phi) is 5.89. The maximum atomic E-state index is 12.7. The number of anilines is 1. The first-order valence-corrected chi connectivity index (χ1v) is 10.2. The molecule has 1 aliphatic rings. The minimum Gasteiger partial charge on any atom is -0.448 e. The highest BCUT2D eigenvalue weighted by Crippen LogP contribution is 2.20. The number of ether oxygens (including phenoxy) is 1. The summed E-state index contributed by atoms with van der Waals surface area (Å²) in [7, 11) is 0. The van der Waals surface area contributed by atoms with E-state index in [9.17, 15) is 9.59 Å². The van der Waals surface area contributed by atoms with Crippen LogP contribution in [0.1, 0.15) is 17.4 Å². The number of aromatic nitrogens is 5. The molecule has 0 spiro atoms. The summed E-state index contributed by atoms with van der Waals surface area (Å²) in [5, 5.41) is 2.09. The first kappa shape index (κ1) is 19.8. The molecule has 0 aliphatic carbocycles. The molecule has 0 bridgehead atoms. The van der Waals surface area contributed by atoms with Gasteiger partial charge in [0.25, 0.3) is 5.91 Å². The molecule has 1 aliphatic heterocycles. The van der Waals surface area contributed by atoms with Crippen LogP contribution in [0.5, 0.6) is 0 Å². The van der Waals surface area contributed by atoms with Crippen LogP contribution in [-0.4, -0.2) is 74.0 Å². The monoisotopic (exact) mass is 425 g/mol. The molecule has 30 heavy (non-hydrogen) atoms. The average molecular weight is 425 g/mol. The SMILES string of the molecule is CC(OC(=O)c1csc(-c2ncccn2)n1)C(=O)N1CCN(c2ncccn2)CC1. The Morgan fingerprint density at radius 2 is 1.63 bits per heavy atom. The highest BCUT2D eigenvalue weighted by Gasteiger charge is 2.28. The molecule has 10 nitrogen and oxygen atoms in total. The number of amides is 1. The highest BCUT2D eigenvalue weighted by atomic mass is 32.1. The quantitative estimate of drug-likeness (QED) is 0.558. The Morgan fingerprint density at radius 1 is 1.00 bits per heavy atom. The molecular weight excluding hydrogens is 406 g/mol. The zero-order valence-corrected chi connectivity index (χ0v) is 17.0. The Hall–Kier alpha value is -3.47. The topological polar surface area (TPSA) is 114 Å². The van der Waals surface area contributed by atoms with Crippen molar-refractivity contribution in [3.05, 3.63) is 48.0 Å². The lowest BCUT2D eigenvalue weighted by atomic mass is 10.2. The molecule has 154 valence electrons. The molecule has 4 rings (SSSR count). The number of hydrogen-bond donors (Lipinski definition) is 0. The second-order valence-corrected chi connectivity index (χ2v) is 7.38. The van der Waals surface area contributed by atoms with Crippen LogP contribution >= 0.6 is 11.3 Å². The van der Waals surface area contributed by atoms with Gasteiger partial charge in [-0.3, -0.25) is 4.79 Å². The second kappa shape index (κ2) is 8.91. The van der Waals surface area contributed by atoms with Gasteiger partial charge in [0.1, 0.15) is 0 Å². The third-order valence-corrected chi connectivity index (χ3v) is 5.37. The number of nitrogens with zero attached hydrogens (tertiary/aromatic N) is 7. The fraction of sp³-hybridized carbons (Fsp3) is 0.316. The minimum absolute atomic E-state index is 0.133. The van der Waals surface area contributed by atoms with Gasteiger partial charge in [0.05, 0.1) is 0 Å². The van der Waals surface area contributed by atoms with Crippen molar-refractivity contribution in [2.75, 3.05) is 31.1 Å². The number of thiazole rings is 1. The molecule has 11 heteroatoms. The molecule has 0 saturated carbocycles. The van der Waals surface area contributed by atoms with Crippen molar-refractivity contribution in [3.63, 3.8) is 0 Å². The van der Waals surface area contributed by atoms with Crippen molar-refractivity contribution in [2.45, 2.75) is 13.0 Å². The van der Waals surface area contributed by atoms with Crippen molar-refractivity contribution < 1.29 is 14.3 Å². The highest BCUT2D eigenvalue weighted by molar-refractivity contribution is 7.13. The molecular formula is C19H19N7O3S. The number of hydrogen-bond acceptors (Lipinski definition) is 10. The summed E-state index contributed by atoms with van der Waals surface area (Å²) < 4.78 is 5.35. The summed E-state index contributed by atoms with van der Waals surface area (Å²) in [4.78, 5) is 49.7. The van der Waals surface area contributed by atoms with E-state index in [1.165, 1.54) is 11.3 Å². The van der Waals surface area contributed by atoms with Gasteiger partial charge in [0.2, 0.25) is 5.95 Å². The van der Waals surface area contributed by atoms with E-state index in [1.807, 2.05) is 4.90 Å². The maximum absolute atomic E-state index is 12.7. The number of piperazine rings is 1. The Labute approximate surface area is 176 Å². The largest absolute Gasteiger partial charge is 0.448 e. The summed E-state index contributed by atoms with van der Waals surface area (Å²) in [6, 6.07) is 3.46. The van der Waals surface area contributed by atoms with E-state index in [-0.39, 0.29) is 11.6 Å². The fourth-order valence-electron chi connectivity index (χ4n) is 2.99. The van der Waals surface area contributed by atoms with Gasteiger partial charge < -0.3 is 14.5 Å². The maximum Gasteiger partial charge on any atom is 0.358 e. The lowest BCUT2D eigenvalue weighted by molar-refractivity contribution is -0.140. The van der Waals surface area contributed by atoms with Crippen molar-refractivity contribution in [2.24, 2.45) is 0 Å². The second-order valence-electron chi connectivity index (χ2n) is 6.52. The van der Waals surface area contributed by atoms with Gasteiger partial charge >= 0.3 is 5.97 Å². The fourth-order valence-corrected chi connectivity index (χ4v) is 3.72. The molecule has 0 radical (unpaired) electrons. The summed E-state index contributed by atoms with van der Waals surface area (Å²) >= 11 is 1.24. The lowest BCUT2D eigenvalue weighted by Gasteiger charge is -2.35. The number of rotatable bonds is 5. The molecule has 1 atom stereocenters. The summed E-state index contributed by atoms with van der Waals surface area (Å²) in [5.41, 5.74) is 0.133. The summed E-state index contributed by atoms with van der Waals surface area (Å²) in [6.45, 7) is 3.81. The van der Waals surface area contributed by atoms with Crippen LogP contribution in [0, 0.1) is 0 Å². The number of carbonyl (C=O) groups excluding carboxylic acids is 2. The molecule has 4 heterocycles. The number of esters is 1. The van der Waals surface area contributed by atoms with Gasteiger partial charge in [-0.05, 0) is 19.1 Å². The van der Waals surface area contributed by atoms with Crippen molar-refractivity contribution >= 4 is 29.2 Å². The van der Waals surface area contributed by atoms with E-state index in [0.29, 0.717) is 43.0 Å². The van der Waals surface area contributed by atoms with Crippen LogP contribution in [0.15, 0.2) is 42.3 Å². The zero-order chi connectivity index (χ0) is 20.9. The van der Waals surface area contributed by atoms with Crippen LogP contribution in [0.2, 0.25) is 0 Å². The van der Waals surface area contributed by atoms with Crippen molar-refractivity contribution in [1.29, 1.82) is 0 Å². The molecule has 1 saturated heterocycles. The van der Waals surface area contributed by atoms with Crippen LogP contribution in [0.4, 0.5) is 5.95 Å². The van der Waals surface area contributed by atoms with Crippen molar-refractivity contribution in [1.82, 2.24) is 29.8 Å².